The Kier molecular flexibility index (Phi) is 3.48. The van der Waals surface area contributed by atoms with Gasteiger partial charge in [-0.3, -0.25) is 4.79 Å². The van der Waals surface area contributed by atoms with Gasteiger partial charge in [0.05, 0.1) is 23.5 Å². The van der Waals surface area contributed by atoms with Crippen molar-refractivity contribution in [2.75, 3.05) is 0 Å². The van der Waals surface area contributed by atoms with Gasteiger partial charge in [-0.25, -0.2) is 9.78 Å². The van der Waals surface area contributed by atoms with Crippen LogP contribution in [0, 0.1) is 0 Å². The number of aliphatic hydroxyl groups excluding tert-OH is 1. The maximum absolute atomic E-state index is 11.9. The maximum atomic E-state index is 11.9. The molecule has 0 spiro atoms. The largest absolute Gasteiger partial charge is 0.480 e. The molecule has 0 saturated heterocycles. The molecule has 0 saturated carbocycles. The monoisotopic (exact) mass is 263 g/mol. The van der Waals surface area contributed by atoms with Crippen molar-refractivity contribution in [2.45, 2.75) is 19.1 Å². The van der Waals surface area contributed by atoms with Gasteiger partial charge in [-0.2, -0.15) is 0 Å². The number of aromatic amines is 1. The van der Waals surface area contributed by atoms with Crippen LogP contribution >= 0.6 is 0 Å². The number of hydrogen-bond acceptors (Lipinski definition) is 4. The van der Waals surface area contributed by atoms with Gasteiger partial charge in [0.1, 0.15) is 0 Å². The van der Waals surface area contributed by atoms with Crippen LogP contribution in [0.1, 0.15) is 17.3 Å². The molecule has 1 heterocycles. The standard InChI is InChI=1S/C12H13N3O4/c1-6(16)10(12(18)19)15-11(17)7-2-3-8-9(4-7)14-5-13-8/h2-6,10,16H,1H3,(H,13,14)(H,15,17)(H,18,19)/t6-,10+/m1/s1. The molecule has 2 rings (SSSR count). The van der Waals surface area contributed by atoms with E-state index in [1.54, 1.807) is 18.2 Å². The number of carbonyl (C=O) groups is 2. The number of carbonyl (C=O) groups excluding carboxylic acids is 1. The Hall–Kier alpha value is -2.41. The minimum absolute atomic E-state index is 0.295. The quantitative estimate of drug-likeness (QED) is 0.625. The molecule has 0 aliphatic heterocycles. The average molecular weight is 263 g/mol. The van der Waals surface area contributed by atoms with E-state index in [1.165, 1.54) is 13.3 Å². The number of carboxylic acids is 1. The number of fused-ring (bicyclic) bond motifs is 1. The summed E-state index contributed by atoms with van der Waals surface area (Å²) in [4.78, 5) is 29.7. The lowest BCUT2D eigenvalue weighted by molar-refractivity contribution is -0.141. The lowest BCUT2D eigenvalue weighted by Gasteiger charge is -2.16. The van der Waals surface area contributed by atoms with Crippen LogP contribution in [0.4, 0.5) is 0 Å². The molecule has 2 aromatic rings. The highest BCUT2D eigenvalue weighted by molar-refractivity contribution is 5.99. The predicted molar refractivity (Wildman–Crippen MR) is 66.7 cm³/mol. The van der Waals surface area contributed by atoms with Crippen molar-refractivity contribution in [3.63, 3.8) is 0 Å². The molecular weight excluding hydrogens is 250 g/mol. The maximum Gasteiger partial charge on any atom is 0.328 e. The van der Waals surface area contributed by atoms with Crippen LogP contribution in [0.5, 0.6) is 0 Å². The molecule has 19 heavy (non-hydrogen) atoms. The third kappa shape index (κ3) is 2.71. The fraction of sp³-hybridized carbons (Fsp3) is 0.250. The summed E-state index contributed by atoms with van der Waals surface area (Å²) >= 11 is 0. The number of aliphatic hydroxyl groups is 1. The number of carboxylic acid groups (broad SMARTS) is 1. The number of nitrogens with zero attached hydrogens (tertiary/aromatic N) is 1. The van der Waals surface area contributed by atoms with Crippen molar-refractivity contribution in [2.24, 2.45) is 0 Å². The number of rotatable bonds is 4. The molecule has 7 nitrogen and oxygen atoms in total. The molecule has 7 heteroatoms. The zero-order chi connectivity index (χ0) is 14.0. The van der Waals surface area contributed by atoms with Gasteiger partial charge >= 0.3 is 5.97 Å². The zero-order valence-corrected chi connectivity index (χ0v) is 10.1. The number of imidazole rings is 1. The highest BCUT2D eigenvalue weighted by atomic mass is 16.4. The molecule has 100 valence electrons. The fourth-order valence-corrected chi connectivity index (χ4v) is 1.69. The Bertz CT molecular complexity index is 620. The van der Waals surface area contributed by atoms with Gasteiger partial charge in [0.15, 0.2) is 6.04 Å². The van der Waals surface area contributed by atoms with Crippen molar-refractivity contribution in [3.8, 4) is 0 Å². The Morgan fingerprint density at radius 1 is 1.42 bits per heavy atom. The molecule has 0 unspecified atom stereocenters. The number of benzene rings is 1. The summed E-state index contributed by atoms with van der Waals surface area (Å²) in [6, 6.07) is 3.42. The summed E-state index contributed by atoms with van der Waals surface area (Å²) in [5, 5.41) is 20.5. The van der Waals surface area contributed by atoms with Gasteiger partial charge in [-0.05, 0) is 25.1 Å². The van der Waals surface area contributed by atoms with Gasteiger partial charge in [0.2, 0.25) is 0 Å². The van der Waals surface area contributed by atoms with Gasteiger partial charge in [0.25, 0.3) is 5.91 Å². The summed E-state index contributed by atoms with van der Waals surface area (Å²) in [6.45, 7) is 1.30. The SMILES string of the molecule is C[C@@H](O)[C@H](NC(=O)c1ccc2nc[nH]c2c1)C(=O)O. The Morgan fingerprint density at radius 2 is 2.16 bits per heavy atom. The number of amides is 1. The van der Waals surface area contributed by atoms with E-state index in [0.717, 1.165) is 0 Å². The van der Waals surface area contributed by atoms with E-state index in [1.807, 2.05) is 0 Å². The van der Waals surface area contributed by atoms with E-state index in [4.69, 9.17) is 5.11 Å². The second-order valence-corrected chi connectivity index (χ2v) is 4.16. The summed E-state index contributed by atoms with van der Waals surface area (Å²) in [6.07, 6.45) is 0.319. The van der Waals surface area contributed by atoms with E-state index in [0.29, 0.717) is 16.6 Å². The Labute approximate surface area is 108 Å². The molecule has 0 radical (unpaired) electrons. The molecule has 4 N–H and O–H groups in total. The van der Waals surface area contributed by atoms with Crippen LogP contribution in [-0.4, -0.2) is 44.2 Å². The lowest BCUT2D eigenvalue weighted by Crippen LogP contribution is -2.47. The second-order valence-electron chi connectivity index (χ2n) is 4.16. The van der Waals surface area contributed by atoms with E-state index in [2.05, 4.69) is 15.3 Å². The van der Waals surface area contributed by atoms with Crippen LogP contribution in [0.15, 0.2) is 24.5 Å². The number of nitrogens with one attached hydrogen (secondary N) is 2. The predicted octanol–water partition coefficient (Wildman–Crippen LogP) is 0.127. The number of hydrogen-bond donors (Lipinski definition) is 4. The summed E-state index contributed by atoms with van der Waals surface area (Å²) < 4.78 is 0. The smallest absolute Gasteiger partial charge is 0.328 e. The van der Waals surface area contributed by atoms with Crippen molar-refractivity contribution >= 4 is 22.9 Å². The Morgan fingerprint density at radius 3 is 2.79 bits per heavy atom. The van der Waals surface area contributed by atoms with E-state index < -0.39 is 24.0 Å². The van der Waals surface area contributed by atoms with E-state index in [-0.39, 0.29) is 0 Å². The zero-order valence-electron chi connectivity index (χ0n) is 10.1. The summed E-state index contributed by atoms with van der Waals surface area (Å²) in [5.41, 5.74) is 1.68. The van der Waals surface area contributed by atoms with Crippen LogP contribution in [0.2, 0.25) is 0 Å². The molecule has 0 fully saturated rings. The van der Waals surface area contributed by atoms with E-state index >= 15 is 0 Å². The number of aromatic nitrogens is 2. The van der Waals surface area contributed by atoms with Crippen molar-refractivity contribution < 1.29 is 19.8 Å². The molecule has 1 aromatic carbocycles. The highest BCUT2D eigenvalue weighted by Gasteiger charge is 2.25. The topological polar surface area (TPSA) is 115 Å². The summed E-state index contributed by atoms with van der Waals surface area (Å²) in [7, 11) is 0. The fourth-order valence-electron chi connectivity index (χ4n) is 1.69. The van der Waals surface area contributed by atoms with Gasteiger partial charge in [0, 0.05) is 5.56 Å². The molecule has 0 aliphatic rings. The van der Waals surface area contributed by atoms with Crippen molar-refractivity contribution in [1.82, 2.24) is 15.3 Å². The van der Waals surface area contributed by atoms with Gasteiger partial charge in [-0.1, -0.05) is 0 Å². The first kappa shape index (κ1) is 13.0. The van der Waals surface area contributed by atoms with Crippen molar-refractivity contribution in [3.05, 3.63) is 30.1 Å². The molecule has 0 aliphatic carbocycles. The van der Waals surface area contributed by atoms with Crippen LogP contribution in [0.25, 0.3) is 11.0 Å². The minimum atomic E-state index is -1.34. The third-order valence-electron chi connectivity index (χ3n) is 2.72. The molecular formula is C12H13N3O4. The first-order valence-corrected chi connectivity index (χ1v) is 5.64. The number of H-pyrrole nitrogens is 1. The van der Waals surface area contributed by atoms with Crippen LogP contribution < -0.4 is 5.32 Å². The first-order chi connectivity index (χ1) is 8.99. The first-order valence-electron chi connectivity index (χ1n) is 5.64. The third-order valence-corrected chi connectivity index (χ3v) is 2.72. The summed E-state index contributed by atoms with van der Waals surface area (Å²) in [5.74, 6) is -1.85. The number of aliphatic carboxylic acids is 1. The molecule has 0 bridgehead atoms. The average Bonchev–Trinajstić information content (AvgIpc) is 2.81. The lowest BCUT2D eigenvalue weighted by atomic mass is 10.1. The highest BCUT2D eigenvalue weighted by Crippen LogP contribution is 2.11. The van der Waals surface area contributed by atoms with Crippen LogP contribution in [-0.2, 0) is 4.79 Å². The van der Waals surface area contributed by atoms with Crippen molar-refractivity contribution in [1.29, 1.82) is 0 Å². The normalized spacial score (nSPS) is 14.0. The molecule has 2 atom stereocenters. The molecule has 1 amide bonds. The van der Waals surface area contributed by atoms with Gasteiger partial charge < -0.3 is 20.5 Å². The molecule has 1 aromatic heterocycles. The van der Waals surface area contributed by atoms with Crippen LogP contribution in [0.3, 0.4) is 0 Å². The Balaban J connectivity index is 2.21. The second kappa shape index (κ2) is 5.07. The minimum Gasteiger partial charge on any atom is -0.480 e. The van der Waals surface area contributed by atoms with Gasteiger partial charge in [-0.15, -0.1) is 0 Å². The van der Waals surface area contributed by atoms with E-state index in [9.17, 15) is 14.7 Å².